The summed E-state index contributed by atoms with van der Waals surface area (Å²) >= 11 is 0. The van der Waals surface area contributed by atoms with Gasteiger partial charge in [0.1, 0.15) is 11.3 Å². The molecule has 3 rings (SSSR count). The molecule has 1 aromatic heterocycles. The normalized spacial score (nSPS) is 11.2. The number of benzene rings is 2. The van der Waals surface area contributed by atoms with E-state index in [-0.39, 0.29) is 0 Å². The zero-order valence-electron chi connectivity index (χ0n) is 10.5. The topological polar surface area (TPSA) is 35.3 Å². The van der Waals surface area contributed by atoms with Gasteiger partial charge in [-0.1, -0.05) is 35.5 Å². The number of aromatic nitrogens is 1. The van der Waals surface area contributed by atoms with Gasteiger partial charge in [0.05, 0.1) is 7.11 Å². The molecule has 94 valence electrons. The smallest absolute Gasteiger partial charge is 0.167 e. The maximum atomic E-state index is 5.32. The largest absolute Gasteiger partial charge is 0.497 e. The monoisotopic (exact) mass is 251 g/mol. The Morgan fingerprint density at radius 3 is 2.58 bits per heavy atom. The van der Waals surface area contributed by atoms with Crippen molar-refractivity contribution in [3.63, 3.8) is 0 Å². The molecule has 0 saturated carbocycles. The Labute approximate surface area is 111 Å². The molecule has 0 aliphatic rings. The highest BCUT2D eigenvalue weighted by Gasteiger charge is 2.03. The molecule has 3 aromatic rings. The summed E-state index contributed by atoms with van der Waals surface area (Å²) in [7, 11) is 1.66. The molecule has 0 N–H and O–H groups in total. The van der Waals surface area contributed by atoms with Crippen LogP contribution in [0, 0.1) is 0 Å². The van der Waals surface area contributed by atoms with Crippen LogP contribution in [0.5, 0.6) is 5.75 Å². The van der Waals surface area contributed by atoms with Gasteiger partial charge in [-0.15, -0.1) is 0 Å². The summed E-state index contributed by atoms with van der Waals surface area (Å²) in [6.07, 6.45) is 3.92. The quantitative estimate of drug-likeness (QED) is 0.705. The zero-order valence-corrected chi connectivity index (χ0v) is 10.5. The molecule has 0 bridgehead atoms. The first-order valence-corrected chi connectivity index (χ1v) is 6.03. The van der Waals surface area contributed by atoms with Crippen molar-refractivity contribution in [2.75, 3.05) is 7.11 Å². The Hall–Kier alpha value is -2.55. The molecule has 3 nitrogen and oxygen atoms in total. The molecule has 0 saturated heterocycles. The van der Waals surface area contributed by atoms with Crippen LogP contribution >= 0.6 is 0 Å². The third kappa shape index (κ3) is 2.36. The second kappa shape index (κ2) is 4.98. The van der Waals surface area contributed by atoms with Crippen LogP contribution in [-0.2, 0) is 0 Å². The fourth-order valence-corrected chi connectivity index (χ4v) is 1.92. The highest BCUT2D eigenvalue weighted by atomic mass is 16.5. The van der Waals surface area contributed by atoms with Crippen LogP contribution in [0.25, 0.3) is 23.1 Å². The molecule has 0 spiro atoms. The summed E-state index contributed by atoms with van der Waals surface area (Å²) in [6, 6.07) is 15.7. The van der Waals surface area contributed by atoms with E-state index >= 15 is 0 Å². The number of hydrogen-bond donors (Lipinski definition) is 0. The molecule has 0 radical (unpaired) electrons. The molecular weight excluding hydrogens is 238 g/mol. The van der Waals surface area contributed by atoms with Crippen LogP contribution in [0.3, 0.4) is 0 Å². The van der Waals surface area contributed by atoms with Crippen molar-refractivity contribution in [2.45, 2.75) is 0 Å². The summed E-state index contributed by atoms with van der Waals surface area (Å²) in [4.78, 5) is 0. The van der Waals surface area contributed by atoms with Crippen LogP contribution in [0.15, 0.2) is 53.1 Å². The third-order valence-electron chi connectivity index (χ3n) is 2.95. The van der Waals surface area contributed by atoms with E-state index in [9.17, 15) is 0 Å². The predicted molar refractivity (Wildman–Crippen MR) is 75.9 cm³/mol. The third-order valence-corrected chi connectivity index (χ3v) is 2.95. The van der Waals surface area contributed by atoms with Gasteiger partial charge in [-0.25, -0.2) is 0 Å². The summed E-state index contributed by atoms with van der Waals surface area (Å²) < 4.78 is 10.4. The SMILES string of the molecule is COc1ccc(/C=C/c2onc3ccccc23)cc1. The van der Waals surface area contributed by atoms with E-state index in [1.165, 1.54) is 0 Å². The second-order valence-corrected chi connectivity index (χ2v) is 4.17. The average molecular weight is 251 g/mol. The van der Waals surface area contributed by atoms with E-state index < -0.39 is 0 Å². The zero-order chi connectivity index (χ0) is 13.1. The maximum absolute atomic E-state index is 5.32. The first kappa shape index (κ1) is 11.5. The van der Waals surface area contributed by atoms with Crippen LogP contribution < -0.4 is 4.74 Å². The van der Waals surface area contributed by atoms with E-state index in [0.717, 1.165) is 28.0 Å². The van der Waals surface area contributed by atoms with Crippen molar-refractivity contribution in [3.05, 3.63) is 59.9 Å². The summed E-state index contributed by atoms with van der Waals surface area (Å²) in [6.45, 7) is 0. The molecule has 1 heterocycles. The van der Waals surface area contributed by atoms with Gasteiger partial charge >= 0.3 is 0 Å². The molecule has 3 heteroatoms. The summed E-state index contributed by atoms with van der Waals surface area (Å²) in [5.41, 5.74) is 1.96. The van der Waals surface area contributed by atoms with Crippen molar-refractivity contribution in [3.8, 4) is 5.75 Å². The second-order valence-electron chi connectivity index (χ2n) is 4.17. The summed E-state index contributed by atoms with van der Waals surface area (Å²) in [5.74, 6) is 1.62. The number of ether oxygens (including phenoxy) is 1. The molecule has 0 aliphatic carbocycles. The van der Waals surface area contributed by atoms with Gasteiger partial charge in [-0.3, -0.25) is 0 Å². The maximum Gasteiger partial charge on any atom is 0.167 e. The van der Waals surface area contributed by atoms with Crippen molar-refractivity contribution < 1.29 is 9.26 Å². The molecule has 2 aromatic carbocycles. The van der Waals surface area contributed by atoms with Gasteiger partial charge in [0.15, 0.2) is 5.76 Å². The van der Waals surface area contributed by atoms with Gasteiger partial charge in [0.2, 0.25) is 0 Å². The predicted octanol–water partition coefficient (Wildman–Crippen LogP) is 4.01. The minimum absolute atomic E-state index is 0.770. The molecule has 0 amide bonds. The number of fused-ring (bicyclic) bond motifs is 1. The summed E-state index contributed by atoms with van der Waals surface area (Å²) in [5, 5.41) is 5.03. The molecule has 0 unspecified atom stereocenters. The molecule has 19 heavy (non-hydrogen) atoms. The van der Waals surface area contributed by atoms with E-state index in [0.29, 0.717) is 0 Å². The van der Waals surface area contributed by atoms with E-state index in [1.54, 1.807) is 7.11 Å². The molecule has 0 atom stereocenters. The van der Waals surface area contributed by atoms with Gasteiger partial charge in [0, 0.05) is 5.39 Å². The minimum Gasteiger partial charge on any atom is -0.497 e. The Morgan fingerprint density at radius 1 is 1.00 bits per heavy atom. The van der Waals surface area contributed by atoms with Gasteiger partial charge in [-0.2, -0.15) is 0 Å². The van der Waals surface area contributed by atoms with E-state index in [4.69, 9.17) is 9.26 Å². The van der Waals surface area contributed by atoms with Crippen LogP contribution in [0.1, 0.15) is 11.3 Å². The first-order chi connectivity index (χ1) is 9.36. The van der Waals surface area contributed by atoms with E-state index in [1.807, 2.05) is 60.7 Å². The van der Waals surface area contributed by atoms with Crippen molar-refractivity contribution >= 4 is 23.1 Å². The van der Waals surface area contributed by atoms with E-state index in [2.05, 4.69) is 5.16 Å². The molecule has 0 fully saturated rings. The Morgan fingerprint density at radius 2 is 1.79 bits per heavy atom. The van der Waals surface area contributed by atoms with Crippen LogP contribution in [0.2, 0.25) is 0 Å². The van der Waals surface area contributed by atoms with Crippen LogP contribution in [-0.4, -0.2) is 12.3 Å². The lowest BCUT2D eigenvalue weighted by Crippen LogP contribution is -1.81. The molecular formula is C16H13NO2. The highest BCUT2D eigenvalue weighted by Crippen LogP contribution is 2.20. The Kier molecular flexibility index (Phi) is 3.02. The number of hydrogen-bond acceptors (Lipinski definition) is 3. The first-order valence-electron chi connectivity index (χ1n) is 6.03. The van der Waals surface area contributed by atoms with Crippen molar-refractivity contribution in [1.29, 1.82) is 0 Å². The van der Waals surface area contributed by atoms with Gasteiger partial charge in [-0.05, 0) is 35.9 Å². The molecule has 0 aliphatic heterocycles. The Bertz CT molecular complexity index is 711. The Balaban J connectivity index is 1.89. The number of nitrogens with zero attached hydrogens (tertiary/aromatic N) is 1. The van der Waals surface area contributed by atoms with Gasteiger partial charge in [0.25, 0.3) is 0 Å². The number of methoxy groups -OCH3 is 1. The van der Waals surface area contributed by atoms with Gasteiger partial charge < -0.3 is 9.26 Å². The standard InChI is InChI=1S/C16H13NO2/c1-18-13-9-6-12(7-10-13)8-11-16-14-4-2-3-5-15(14)17-19-16/h2-11H,1H3/b11-8+. The van der Waals surface area contributed by atoms with Crippen molar-refractivity contribution in [2.24, 2.45) is 0 Å². The minimum atomic E-state index is 0.770. The lowest BCUT2D eigenvalue weighted by atomic mass is 10.1. The fourth-order valence-electron chi connectivity index (χ4n) is 1.92. The average Bonchev–Trinajstić information content (AvgIpc) is 2.89. The highest BCUT2D eigenvalue weighted by molar-refractivity contribution is 5.88. The van der Waals surface area contributed by atoms with Crippen molar-refractivity contribution in [1.82, 2.24) is 5.16 Å². The van der Waals surface area contributed by atoms with Crippen LogP contribution in [0.4, 0.5) is 0 Å². The lowest BCUT2D eigenvalue weighted by Gasteiger charge is -1.98. The fraction of sp³-hybridized carbons (Fsp3) is 0.0625. The lowest BCUT2D eigenvalue weighted by molar-refractivity contribution is 0.415. The number of rotatable bonds is 3.